The Labute approximate surface area is 146 Å². The van der Waals surface area contributed by atoms with Gasteiger partial charge >= 0.3 is 0 Å². The maximum atomic E-state index is 12.7. The molecule has 0 bridgehead atoms. The fourth-order valence-corrected chi connectivity index (χ4v) is 3.97. The van der Waals surface area contributed by atoms with Crippen molar-refractivity contribution in [2.45, 2.75) is 6.10 Å². The molecule has 9 heteroatoms. The Morgan fingerprint density at radius 1 is 1.25 bits per heavy atom. The first-order valence-electron chi connectivity index (χ1n) is 7.67. The molecule has 3 rings (SSSR count). The summed E-state index contributed by atoms with van der Waals surface area (Å²) in [4.78, 5) is 16.6. The van der Waals surface area contributed by atoms with Gasteiger partial charge in [-0.25, -0.2) is 8.42 Å². The topological polar surface area (TPSA) is 70.2 Å². The summed E-state index contributed by atoms with van der Waals surface area (Å²) in [5.74, 6) is 0.168. The molecule has 2 heterocycles. The Morgan fingerprint density at radius 3 is 2.54 bits per heavy atom. The van der Waals surface area contributed by atoms with Crippen LogP contribution < -0.4 is 9.04 Å². The number of carbonyl (C=O) groups is 1. The average Bonchev–Trinajstić information content (AvgIpc) is 2.53. The zero-order valence-corrected chi connectivity index (χ0v) is 15.2. The molecule has 2 aliphatic heterocycles. The normalized spacial score (nSPS) is 22.0. The van der Waals surface area contributed by atoms with E-state index in [-0.39, 0.29) is 12.5 Å². The monoisotopic (exact) mass is 373 g/mol. The van der Waals surface area contributed by atoms with Gasteiger partial charge in [-0.3, -0.25) is 9.10 Å². The van der Waals surface area contributed by atoms with Crippen LogP contribution in [-0.2, 0) is 14.8 Å². The molecule has 0 N–H and O–H groups in total. The van der Waals surface area contributed by atoms with Crippen LogP contribution in [0.2, 0.25) is 5.02 Å². The number of hydrogen-bond donors (Lipinski definition) is 0. The number of halogens is 1. The Morgan fingerprint density at radius 2 is 1.92 bits per heavy atom. The molecule has 0 aliphatic carbocycles. The number of amides is 1. The molecule has 132 valence electrons. The number of likely N-dealkylation sites (N-methyl/N-ethyl adjacent to an activating group) is 1. The van der Waals surface area contributed by atoms with Crippen molar-refractivity contribution < 1.29 is 17.9 Å². The molecular formula is C15H20ClN3O4S. The molecule has 24 heavy (non-hydrogen) atoms. The van der Waals surface area contributed by atoms with Crippen LogP contribution in [0.3, 0.4) is 0 Å². The predicted octanol–water partition coefficient (Wildman–Crippen LogP) is 0.641. The minimum Gasteiger partial charge on any atom is -0.476 e. The molecule has 0 aromatic heterocycles. The molecule has 1 atom stereocenters. The maximum absolute atomic E-state index is 12.7. The summed E-state index contributed by atoms with van der Waals surface area (Å²) in [7, 11) is -1.54. The Hall–Kier alpha value is -1.51. The number of piperazine rings is 1. The lowest BCUT2D eigenvalue weighted by molar-refractivity contribution is -0.140. The van der Waals surface area contributed by atoms with Gasteiger partial charge < -0.3 is 14.5 Å². The van der Waals surface area contributed by atoms with Crippen molar-refractivity contribution in [1.82, 2.24) is 9.80 Å². The number of sulfonamides is 1. The van der Waals surface area contributed by atoms with Crippen LogP contribution in [0, 0.1) is 0 Å². The van der Waals surface area contributed by atoms with Gasteiger partial charge in [-0.15, -0.1) is 0 Å². The molecule has 0 radical (unpaired) electrons. The van der Waals surface area contributed by atoms with Gasteiger partial charge in [0.2, 0.25) is 10.0 Å². The van der Waals surface area contributed by atoms with Gasteiger partial charge in [0, 0.05) is 31.2 Å². The lowest BCUT2D eigenvalue weighted by Gasteiger charge is -2.38. The molecule has 0 unspecified atom stereocenters. The third-order valence-corrected chi connectivity index (χ3v) is 5.66. The molecule has 1 aromatic carbocycles. The smallest absolute Gasteiger partial charge is 0.265 e. The summed E-state index contributed by atoms with van der Waals surface area (Å²) in [6, 6.07) is 4.75. The SMILES string of the molecule is CN1CCN(C(=O)[C@H]2CN(S(C)(=O)=O)c3cc(Cl)ccc3O2)CC1. The highest BCUT2D eigenvalue weighted by Crippen LogP contribution is 2.37. The summed E-state index contributed by atoms with van der Waals surface area (Å²) >= 11 is 5.97. The number of ether oxygens (including phenoxy) is 1. The minimum atomic E-state index is -3.55. The standard InChI is InChI=1S/C15H20ClN3O4S/c1-17-5-7-18(8-6-17)15(20)14-10-19(24(2,21)22)12-9-11(16)3-4-13(12)23-14/h3-4,9,14H,5-8,10H2,1-2H3/t14-/m1/s1. The molecule has 2 aliphatic rings. The van der Waals surface area contributed by atoms with Crippen molar-refractivity contribution in [3.05, 3.63) is 23.2 Å². The minimum absolute atomic E-state index is 0.0443. The van der Waals surface area contributed by atoms with E-state index in [2.05, 4.69) is 4.90 Å². The zero-order chi connectivity index (χ0) is 17.5. The maximum Gasteiger partial charge on any atom is 0.265 e. The van der Waals surface area contributed by atoms with Crippen molar-refractivity contribution in [2.75, 3.05) is 50.3 Å². The van der Waals surface area contributed by atoms with Gasteiger partial charge in [0.1, 0.15) is 5.75 Å². The van der Waals surface area contributed by atoms with Crippen molar-refractivity contribution in [2.24, 2.45) is 0 Å². The van der Waals surface area contributed by atoms with Crippen molar-refractivity contribution in [1.29, 1.82) is 0 Å². The molecule has 1 fully saturated rings. The number of benzene rings is 1. The van der Waals surface area contributed by atoms with E-state index in [9.17, 15) is 13.2 Å². The first-order chi connectivity index (χ1) is 11.3. The number of anilines is 1. The molecule has 0 spiro atoms. The second-order valence-corrected chi connectivity index (χ2v) is 8.48. The molecule has 1 aromatic rings. The molecule has 0 saturated carbocycles. The van der Waals surface area contributed by atoms with Crippen LogP contribution in [0.1, 0.15) is 0 Å². The van der Waals surface area contributed by atoms with E-state index in [1.54, 1.807) is 17.0 Å². The Bertz CT molecular complexity index is 747. The van der Waals surface area contributed by atoms with E-state index in [0.29, 0.717) is 29.5 Å². The van der Waals surface area contributed by atoms with E-state index in [1.807, 2.05) is 7.05 Å². The van der Waals surface area contributed by atoms with Crippen molar-refractivity contribution in [3.8, 4) is 5.75 Å². The average molecular weight is 374 g/mol. The Balaban J connectivity index is 1.87. The number of hydrogen-bond acceptors (Lipinski definition) is 5. The third-order valence-electron chi connectivity index (χ3n) is 4.28. The fourth-order valence-electron chi connectivity index (χ4n) is 2.90. The first kappa shape index (κ1) is 17.3. The number of carbonyl (C=O) groups excluding carboxylic acids is 1. The number of rotatable bonds is 2. The van der Waals surface area contributed by atoms with Crippen LogP contribution in [-0.4, -0.2) is 76.3 Å². The molecule has 1 amide bonds. The van der Waals surface area contributed by atoms with Crippen LogP contribution in [0.15, 0.2) is 18.2 Å². The predicted molar refractivity (Wildman–Crippen MR) is 92.1 cm³/mol. The lowest BCUT2D eigenvalue weighted by Crippen LogP contribution is -2.55. The summed E-state index contributed by atoms with van der Waals surface area (Å²) in [5.41, 5.74) is 0.368. The van der Waals surface area contributed by atoms with Gasteiger partial charge in [-0.05, 0) is 25.2 Å². The largest absolute Gasteiger partial charge is 0.476 e. The van der Waals surface area contributed by atoms with Crippen LogP contribution in [0.5, 0.6) is 5.75 Å². The highest BCUT2D eigenvalue weighted by atomic mass is 35.5. The van der Waals surface area contributed by atoms with Gasteiger partial charge in [0.05, 0.1) is 18.5 Å². The van der Waals surface area contributed by atoms with Crippen molar-refractivity contribution in [3.63, 3.8) is 0 Å². The lowest BCUT2D eigenvalue weighted by atomic mass is 10.2. The summed E-state index contributed by atoms with van der Waals surface area (Å²) < 4.78 is 31.3. The van der Waals surface area contributed by atoms with E-state index in [0.717, 1.165) is 19.3 Å². The van der Waals surface area contributed by atoms with E-state index in [4.69, 9.17) is 16.3 Å². The highest BCUT2D eigenvalue weighted by Gasteiger charge is 2.37. The van der Waals surface area contributed by atoms with Gasteiger partial charge in [-0.2, -0.15) is 0 Å². The highest BCUT2D eigenvalue weighted by molar-refractivity contribution is 7.92. The van der Waals surface area contributed by atoms with E-state index in [1.165, 1.54) is 10.4 Å². The number of fused-ring (bicyclic) bond motifs is 1. The van der Waals surface area contributed by atoms with Crippen LogP contribution in [0.4, 0.5) is 5.69 Å². The molecule has 1 saturated heterocycles. The Kier molecular flexibility index (Phi) is 4.63. The van der Waals surface area contributed by atoms with Crippen LogP contribution in [0.25, 0.3) is 0 Å². The first-order valence-corrected chi connectivity index (χ1v) is 9.89. The molecule has 7 nitrogen and oxygen atoms in total. The third kappa shape index (κ3) is 3.45. The van der Waals surface area contributed by atoms with Crippen molar-refractivity contribution >= 4 is 33.2 Å². The summed E-state index contributed by atoms with van der Waals surface area (Å²) in [5, 5.41) is 0.412. The number of nitrogens with zero attached hydrogens (tertiary/aromatic N) is 3. The second kappa shape index (κ2) is 6.42. The van der Waals surface area contributed by atoms with E-state index < -0.39 is 16.1 Å². The summed E-state index contributed by atoms with van der Waals surface area (Å²) in [6.45, 7) is 2.77. The fraction of sp³-hybridized carbons (Fsp3) is 0.533. The van der Waals surface area contributed by atoms with E-state index >= 15 is 0 Å². The van der Waals surface area contributed by atoms with Gasteiger partial charge in [-0.1, -0.05) is 11.6 Å². The second-order valence-electron chi connectivity index (χ2n) is 6.14. The molecular weight excluding hydrogens is 354 g/mol. The zero-order valence-electron chi connectivity index (χ0n) is 13.6. The summed E-state index contributed by atoms with van der Waals surface area (Å²) in [6.07, 6.45) is 0.261. The quantitative estimate of drug-likeness (QED) is 0.761. The van der Waals surface area contributed by atoms with Gasteiger partial charge in [0.25, 0.3) is 5.91 Å². The van der Waals surface area contributed by atoms with Crippen LogP contribution >= 0.6 is 11.6 Å². The van der Waals surface area contributed by atoms with Gasteiger partial charge in [0.15, 0.2) is 6.10 Å².